The Morgan fingerprint density at radius 1 is 1.17 bits per heavy atom. The fourth-order valence-corrected chi connectivity index (χ4v) is 4.59. The highest BCUT2D eigenvalue weighted by Gasteiger charge is 2.22. The van der Waals surface area contributed by atoms with Gasteiger partial charge >= 0.3 is 0 Å². The molecule has 0 saturated heterocycles. The molecule has 3 aromatic rings. The lowest BCUT2D eigenvalue weighted by Crippen LogP contribution is -2.15. The van der Waals surface area contributed by atoms with E-state index in [0.29, 0.717) is 15.6 Å². The summed E-state index contributed by atoms with van der Waals surface area (Å²) in [6.45, 7) is 5.96. The second-order valence-electron chi connectivity index (χ2n) is 7.53. The van der Waals surface area contributed by atoms with Crippen LogP contribution in [0.15, 0.2) is 53.6 Å². The average Bonchev–Trinajstić information content (AvgIpc) is 3.14. The molecule has 0 atom stereocenters. The molecule has 0 spiro atoms. The van der Waals surface area contributed by atoms with E-state index < -0.39 is 15.9 Å². The van der Waals surface area contributed by atoms with Crippen LogP contribution >= 0.6 is 22.9 Å². The molecule has 0 fully saturated rings. The number of hydrogen-bond acceptors (Lipinski definition) is 6. The highest BCUT2D eigenvalue weighted by atomic mass is 35.5. The lowest BCUT2D eigenvalue weighted by atomic mass is 9.98. The molecule has 1 aromatic heterocycles. The summed E-state index contributed by atoms with van der Waals surface area (Å²) in [5.74, 6) is -0.749. The van der Waals surface area contributed by atoms with Crippen LogP contribution in [-0.2, 0) is 15.4 Å². The van der Waals surface area contributed by atoms with Gasteiger partial charge in [-0.2, -0.15) is 0 Å². The smallest absolute Gasteiger partial charge is 0.267 e. The number of thiazole rings is 1. The largest absolute Gasteiger partial charge is 0.506 e. The number of benzene rings is 2. The number of amides is 1. The summed E-state index contributed by atoms with van der Waals surface area (Å²) in [7, 11) is -3.97. The predicted molar refractivity (Wildman–Crippen MR) is 119 cm³/mol. The van der Waals surface area contributed by atoms with Crippen LogP contribution in [-0.4, -0.2) is 24.4 Å². The van der Waals surface area contributed by atoms with Gasteiger partial charge in [0.15, 0.2) is 0 Å². The van der Waals surface area contributed by atoms with Crippen LogP contribution in [0.4, 0.5) is 11.4 Å². The van der Waals surface area contributed by atoms with E-state index in [1.165, 1.54) is 41.8 Å². The molecule has 3 rings (SSSR count). The van der Waals surface area contributed by atoms with E-state index in [-0.39, 0.29) is 21.7 Å². The number of aromatic nitrogens is 1. The number of carbonyl (C=O) groups excluding carboxylic acids is 1. The molecule has 0 aliphatic heterocycles. The molecule has 1 heterocycles. The van der Waals surface area contributed by atoms with Crippen LogP contribution in [0.5, 0.6) is 5.75 Å². The molecule has 0 aliphatic rings. The summed E-state index contributed by atoms with van der Waals surface area (Å²) < 4.78 is 27.8. The van der Waals surface area contributed by atoms with Crippen LogP contribution < -0.4 is 10.0 Å². The number of nitrogens with one attached hydrogen (secondary N) is 2. The van der Waals surface area contributed by atoms with Gasteiger partial charge in [-0.15, -0.1) is 11.3 Å². The first-order valence-corrected chi connectivity index (χ1v) is 11.5. The van der Waals surface area contributed by atoms with Crippen LogP contribution in [0.2, 0.25) is 5.02 Å². The maximum absolute atomic E-state index is 12.7. The number of hydrogen-bond donors (Lipinski definition) is 3. The highest BCUT2D eigenvalue weighted by Crippen LogP contribution is 2.30. The number of nitrogens with zero attached hydrogens (tertiary/aromatic N) is 1. The van der Waals surface area contributed by atoms with E-state index in [1.807, 2.05) is 20.8 Å². The molecule has 0 bridgehead atoms. The maximum Gasteiger partial charge on any atom is 0.267 e. The number of anilines is 2. The van der Waals surface area contributed by atoms with E-state index in [2.05, 4.69) is 15.0 Å². The zero-order valence-electron chi connectivity index (χ0n) is 16.4. The summed E-state index contributed by atoms with van der Waals surface area (Å²) in [6, 6.07) is 9.90. The number of carbonyl (C=O) groups is 1. The normalized spacial score (nSPS) is 11.9. The molecular weight excluding hydrogens is 446 g/mol. The number of sulfonamides is 1. The van der Waals surface area contributed by atoms with Gasteiger partial charge in [-0.1, -0.05) is 38.4 Å². The quantitative estimate of drug-likeness (QED) is 0.466. The molecule has 0 saturated carbocycles. The molecule has 1 amide bonds. The van der Waals surface area contributed by atoms with Crippen molar-refractivity contribution in [1.82, 2.24) is 4.98 Å². The van der Waals surface area contributed by atoms with Crippen molar-refractivity contribution in [3.63, 3.8) is 0 Å². The van der Waals surface area contributed by atoms with Crippen molar-refractivity contribution in [2.45, 2.75) is 31.1 Å². The Balaban J connectivity index is 1.84. The lowest BCUT2D eigenvalue weighted by Gasteiger charge is -2.13. The summed E-state index contributed by atoms with van der Waals surface area (Å²) >= 11 is 7.13. The Bertz CT molecular complexity index is 1200. The minimum atomic E-state index is -3.97. The van der Waals surface area contributed by atoms with Crippen LogP contribution in [0.1, 0.15) is 35.5 Å². The Morgan fingerprint density at radius 3 is 2.53 bits per heavy atom. The second-order valence-corrected chi connectivity index (χ2v) is 10.7. The van der Waals surface area contributed by atoms with Crippen molar-refractivity contribution in [1.29, 1.82) is 0 Å². The van der Waals surface area contributed by atoms with Gasteiger partial charge in [0.2, 0.25) is 0 Å². The molecule has 30 heavy (non-hydrogen) atoms. The number of phenols is 1. The average molecular weight is 466 g/mol. The molecule has 7 nitrogen and oxygen atoms in total. The first-order valence-electron chi connectivity index (χ1n) is 8.85. The molecule has 3 N–H and O–H groups in total. The SMILES string of the molecule is CC(C)(C)c1ncc(C(=O)Nc2cc(S(=O)(=O)Nc3cccc(Cl)c3)ccc2O)s1. The number of phenolic OH excluding ortho intramolecular Hbond substituents is 1. The third-order valence-electron chi connectivity index (χ3n) is 3.97. The van der Waals surface area contributed by atoms with Crippen molar-refractivity contribution >= 4 is 50.2 Å². The zero-order valence-corrected chi connectivity index (χ0v) is 18.8. The van der Waals surface area contributed by atoms with Gasteiger partial charge < -0.3 is 10.4 Å². The van der Waals surface area contributed by atoms with Gasteiger partial charge in [-0.25, -0.2) is 13.4 Å². The van der Waals surface area contributed by atoms with Gasteiger partial charge in [0.05, 0.1) is 27.5 Å². The zero-order chi connectivity index (χ0) is 22.1. The molecular formula is C20H20ClN3O4S2. The van der Waals surface area contributed by atoms with Gasteiger partial charge in [-0.3, -0.25) is 9.52 Å². The summed E-state index contributed by atoms with van der Waals surface area (Å²) in [5.41, 5.74) is 0.0610. The van der Waals surface area contributed by atoms with Crippen molar-refractivity contribution in [3.8, 4) is 5.75 Å². The first-order chi connectivity index (χ1) is 14.0. The van der Waals surface area contributed by atoms with E-state index in [4.69, 9.17) is 11.6 Å². The minimum Gasteiger partial charge on any atom is -0.506 e. The van der Waals surface area contributed by atoms with E-state index in [1.54, 1.807) is 18.2 Å². The summed E-state index contributed by atoms with van der Waals surface area (Å²) in [6.07, 6.45) is 1.46. The molecule has 0 radical (unpaired) electrons. The third-order valence-corrected chi connectivity index (χ3v) is 7.01. The molecule has 158 valence electrons. The summed E-state index contributed by atoms with van der Waals surface area (Å²) in [4.78, 5) is 17.0. The fourth-order valence-electron chi connectivity index (χ4n) is 2.46. The third kappa shape index (κ3) is 5.10. The second kappa shape index (κ2) is 8.25. The Kier molecular flexibility index (Phi) is 6.07. The summed E-state index contributed by atoms with van der Waals surface area (Å²) in [5, 5.41) is 13.8. The molecule has 2 aromatic carbocycles. The Hall–Kier alpha value is -2.62. The van der Waals surface area contributed by atoms with Gasteiger partial charge in [0.25, 0.3) is 15.9 Å². The van der Waals surface area contributed by atoms with Crippen molar-refractivity contribution in [3.05, 3.63) is 63.6 Å². The Labute approximate surface area is 183 Å². The highest BCUT2D eigenvalue weighted by molar-refractivity contribution is 7.92. The predicted octanol–water partition coefficient (Wildman–Crippen LogP) is 4.85. The first kappa shape index (κ1) is 22.1. The van der Waals surface area contributed by atoms with E-state index in [9.17, 15) is 18.3 Å². The fraction of sp³-hybridized carbons (Fsp3) is 0.200. The topological polar surface area (TPSA) is 108 Å². The van der Waals surface area contributed by atoms with E-state index >= 15 is 0 Å². The lowest BCUT2D eigenvalue weighted by molar-refractivity contribution is 0.103. The number of halogens is 1. The van der Waals surface area contributed by atoms with Crippen molar-refractivity contribution in [2.24, 2.45) is 0 Å². The van der Waals surface area contributed by atoms with Crippen LogP contribution in [0.3, 0.4) is 0 Å². The van der Waals surface area contributed by atoms with E-state index in [0.717, 1.165) is 5.01 Å². The van der Waals surface area contributed by atoms with Crippen LogP contribution in [0, 0.1) is 0 Å². The van der Waals surface area contributed by atoms with Gasteiger partial charge in [0, 0.05) is 10.4 Å². The Morgan fingerprint density at radius 2 is 1.90 bits per heavy atom. The molecule has 0 unspecified atom stereocenters. The standard InChI is InChI=1S/C20H20ClN3O4S2/c1-20(2,3)19-22-11-17(29-19)18(26)23-15-10-14(7-8-16(15)25)30(27,28)24-13-6-4-5-12(21)9-13/h4-11,24-25H,1-3H3,(H,23,26). The van der Waals surface area contributed by atoms with Gasteiger partial charge in [-0.05, 0) is 36.4 Å². The monoisotopic (exact) mass is 465 g/mol. The van der Waals surface area contributed by atoms with Crippen molar-refractivity contribution in [2.75, 3.05) is 10.0 Å². The molecule has 10 heteroatoms. The van der Waals surface area contributed by atoms with Crippen molar-refractivity contribution < 1.29 is 18.3 Å². The molecule has 0 aliphatic carbocycles. The maximum atomic E-state index is 12.7. The number of rotatable bonds is 5. The number of aromatic hydroxyl groups is 1. The van der Waals surface area contributed by atoms with Gasteiger partial charge in [0.1, 0.15) is 10.6 Å². The minimum absolute atomic E-state index is 0.0281. The van der Waals surface area contributed by atoms with Crippen LogP contribution in [0.25, 0.3) is 0 Å².